The van der Waals surface area contributed by atoms with Gasteiger partial charge < -0.3 is 29.6 Å². The summed E-state index contributed by atoms with van der Waals surface area (Å²) in [5.41, 5.74) is 5.21. The summed E-state index contributed by atoms with van der Waals surface area (Å²) in [6.07, 6.45) is 4.53. The van der Waals surface area contributed by atoms with Gasteiger partial charge in [-0.2, -0.15) is 0 Å². The molecule has 2 aromatic rings. The van der Waals surface area contributed by atoms with Gasteiger partial charge in [0.1, 0.15) is 5.65 Å². The lowest BCUT2D eigenvalue weighted by atomic mass is 10.0. The number of hydrogen-bond donors (Lipinski definition) is 3. The Kier molecular flexibility index (Phi) is 14.0. The number of nitrogens with zero attached hydrogens (tertiary/aromatic N) is 4. The third-order valence-corrected chi connectivity index (χ3v) is 7.83. The van der Waals surface area contributed by atoms with E-state index in [9.17, 15) is 9.59 Å². The van der Waals surface area contributed by atoms with Gasteiger partial charge in [-0.15, -0.1) is 0 Å². The van der Waals surface area contributed by atoms with Crippen molar-refractivity contribution in [2.45, 2.75) is 71.6 Å². The van der Waals surface area contributed by atoms with Crippen molar-refractivity contribution in [1.82, 2.24) is 35.5 Å². The fourth-order valence-electron chi connectivity index (χ4n) is 4.86. The van der Waals surface area contributed by atoms with Crippen LogP contribution in [-0.2, 0) is 32.2 Å². The van der Waals surface area contributed by atoms with Crippen molar-refractivity contribution in [2.75, 3.05) is 60.2 Å². The molecular formula is C30H51N7O4. The number of likely N-dealkylation sites (tertiary alicyclic amines) is 1. The molecule has 11 heteroatoms. The van der Waals surface area contributed by atoms with Crippen LogP contribution in [0, 0.1) is 5.92 Å². The highest BCUT2D eigenvalue weighted by Gasteiger charge is 2.23. The lowest BCUT2D eigenvalue weighted by Crippen LogP contribution is -2.45. The van der Waals surface area contributed by atoms with Crippen LogP contribution in [0.25, 0.3) is 11.0 Å². The van der Waals surface area contributed by atoms with Crippen LogP contribution in [-0.4, -0.2) is 104 Å². The van der Waals surface area contributed by atoms with E-state index in [0.717, 1.165) is 55.7 Å². The molecule has 2 amide bonds. The Morgan fingerprint density at radius 3 is 2.54 bits per heavy atom. The van der Waals surface area contributed by atoms with Crippen molar-refractivity contribution < 1.29 is 19.1 Å². The molecule has 0 bridgehead atoms. The summed E-state index contributed by atoms with van der Waals surface area (Å²) in [4.78, 5) is 31.5. The predicted molar refractivity (Wildman–Crippen MR) is 161 cm³/mol. The van der Waals surface area contributed by atoms with Crippen LogP contribution in [0.1, 0.15) is 52.1 Å². The SMILES string of the molecule is CNN(C)Cc1cc2cccnc2n1CCC(=O)N1CCC(NCCOCCOCCC(=O)NC(C)C(C)C)CC1. The molecule has 1 aliphatic heterocycles. The normalized spacial score (nSPS) is 15.2. The summed E-state index contributed by atoms with van der Waals surface area (Å²) in [6, 6.07) is 6.74. The van der Waals surface area contributed by atoms with E-state index < -0.39 is 0 Å². The van der Waals surface area contributed by atoms with Gasteiger partial charge in [0.15, 0.2) is 0 Å². The van der Waals surface area contributed by atoms with E-state index >= 15 is 0 Å². The molecule has 0 aromatic carbocycles. The van der Waals surface area contributed by atoms with Crippen molar-refractivity contribution in [2.24, 2.45) is 5.92 Å². The monoisotopic (exact) mass is 573 g/mol. The Bertz CT molecular complexity index is 1070. The van der Waals surface area contributed by atoms with E-state index in [-0.39, 0.29) is 17.9 Å². The van der Waals surface area contributed by atoms with Gasteiger partial charge in [0.2, 0.25) is 11.8 Å². The zero-order valence-corrected chi connectivity index (χ0v) is 25.7. The van der Waals surface area contributed by atoms with Gasteiger partial charge in [-0.05, 0) is 50.9 Å². The average Bonchev–Trinajstić information content (AvgIpc) is 3.31. The van der Waals surface area contributed by atoms with Gasteiger partial charge >= 0.3 is 0 Å². The molecule has 0 saturated carbocycles. The van der Waals surface area contributed by atoms with Crippen LogP contribution in [0.15, 0.2) is 24.4 Å². The average molecular weight is 574 g/mol. The third-order valence-electron chi connectivity index (χ3n) is 7.83. The van der Waals surface area contributed by atoms with E-state index in [0.29, 0.717) is 57.8 Å². The molecule has 1 atom stereocenters. The largest absolute Gasteiger partial charge is 0.379 e. The third kappa shape index (κ3) is 11.0. The van der Waals surface area contributed by atoms with E-state index in [1.807, 2.05) is 37.0 Å². The standard InChI is InChI=1S/C30H51N7O4/c1-23(2)24(3)34-28(38)11-17-40-19-20-41-18-13-32-26-8-14-36(15-9-26)29(39)10-16-37-27(22-35(5)31-4)21-25-7-6-12-33-30(25)37/h6-7,12,21,23-24,26,31-32H,8-11,13-20,22H2,1-5H3,(H,34,38). The quantitative estimate of drug-likeness (QED) is 0.184. The first-order valence-electron chi connectivity index (χ1n) is 15.1. The smallest absolute Gasteiger partial charge is 0.224 e. The summed E-state index contributed by atoms with van der Waals surface area (Å²) in [5, 5.41) is 9.64. The van der Waals surface area contributed by atoms with E-state index in [2.05, 4.69) is 51.6 Å². The minimum absolute atomic E-state index is 0.0261. The molecule has 1 unspecified atom stereocenters. The number of carbonyl (C=O) groups excluding carboxylic acids is 2. The Morgan fingerprint density at radius 1 is 1.10 bits per heavy atom. The number of hydrogen-bond acceptors (Lipinski definition) is 8. The fourth-order valence-corrected chi connectivity index (χ4v) is 4.86. The number of hydrazine groups is 1. The zero-order chi connectivity index (χ0) is 29.6. The second kappa shape index (κ2) is 17.4. The van der Waals surface area contributed by atoms with Crippen LogP contribution in [0.4, 0.5) is 0 Å². The van der Waals surface area contributed by atoms with Crippen molar-refractivity contribution in [3.05, 3.63) is 30.1 Å². The van der Waals surface area contributed by atoms with Crippen molar-refractivity contribution in [3.63, 3.8) is 0 Å². The van der Waals surface area contributed by atoms with Crippen LogP contribution >= 0.6 is 0 Å². The number of nitrogens with one attached hydrogen (secondary N) is 3. The topological polar surface area (TPSA) is 113 Å². The molecular weight excluding hydrogens is 522 g/mol. The molecule has 3 heterocycles. The molecule has 0 spiro atoms. The van der Waals surface area contributed by atoms with Crippen LogP contribution in [0.5, 0.6) is 0 Å². The summed E-state index contributed by atoms with van der Waals surface area (Å²) in [5.74, 6) is 0.643. The lowest BCUT2D eigenvalue weighted by Gasteiger charge is -2.32. The first-order chi connectivity index (χ1) is 19.8. The predicted octanol–water partition coefficient (Wildman–Crippen LogP) is 2.16. The van der Waals surface area contributed by atoms with E-state index in [1.54, 1.807) is 6.20 Å². The van der Waals surface area contributed by atoms with Gasteiger partial charge in [-0.1, -0.05) is 13.8 Å². The molecule has 230 valence electrons. The first kappa shape index (κ1) is 32.9. The van der Waals surface area contributed by atoms with Crippen LogP contribution in [0.3, 0.4) is 0 Å². The highest BCUT2D eigenvalue weighted by molar-refractivity contribution is 5.79. The molecule has 3 rings (SSSR count). The van der Waals surface area contributed by atoms with E-state index in [1.165, 1.54) is 0 Å². The number of aromatic nitrogens is 2. The van der Waals surface area contributed by atoms with Crippen molar-refractivity contribution in [3.8, 4) is 0 Å². The van der Waals surface area contributed by atoms with Gasteiger partial charge in [-0.3, -0.25) is 15.0 Å². The molecule has 0 aliphatic carbocycles. The summed E-state index contributed by atoms with van der Waals surface area (Å²) in [6.45, 7) is 11.9. The van der Waals surface area contributed by atoms with Gasteiger partial charge in [0, 0.05) is 75.4 Å². The maximum atomic E-state index is 13.0. The second-order valence-corrected chi connectivity index (χ2v) is 11.2. The summed E-state index contributed by atoms with van der Waals surface area (Å²) < 4.78 is 13.3. The summed E-state index contributed by atoms with van der Waals surface area (Å²) in [7, 11) is 3.90. The Hall–Kier alpha value is -2.57. The molecule has 11 nitrogen and oxygen atoms in total. The van der Waals surface area contributed by atoms with Gasteiger partial charge in [-0.25, -0.2) is 9.99 Å². The lowest BCUT2D eigenvalue weighted by molar-refractivity contribution is -0.132. The Balaban J connectivity index is 1.26. The Morgan fingerprint density at radius 2 is 1.83 bits per heavy atom. The highest BCUT2D eigenvalue weighted by atomic mass is 16.5. The zero-order valence-electron chi connectivity index (χ0n) is 25.7. The van der Waals surface area contributed by atoms with Crippen molar-refractivity contribution >= 4 is 22.8 Å². The minimum atomic E-state index is 0.0261. The van der Waals surface area contributed by atoms with Crippen LogP contribution in [0.2, 0.25) is 0 Å². The maximum Gasteiger partial charge on any atom is 0.224 e. The number of ether oxygens (including phenoxy) is 2. The number of fused-ring (bicyclic) bond motifs is 1. The van der Waals surface area contributed by atoms with Crippen LogP contribution < -0.4 is 16.1 Å². The highest BCUT2D eigenvalue weighted by Crippen LogP contribution is 2.20. The van der Waals surface area contributed by atoms with Gasteiger partial charge in [0.05, 0.1) is 33.0 Å². The molecule has 2 aromatic heterocycles. The number of aryl methyl sites for hydroxylation is 1. The molecule has 1 saturated heterocycles. The van der Waals surface area contributed by atoms with E-state index in [4.69, 9.17) is 9.47 Å². The number of rotatable bonds is 18. The van der Waals surface area contributed by atoms with Gasteiger partial charge in [0.25, 0.3) is 0 Å². The second-order valence-electron chi connectivity index (χ2n) is 11.2. The number of amides is 2. The molecule has 0 radical (unpaired) electrons. The number of piperidine rings is 1. The summed E-state index contributed by atoms with van der Waals surface area (Å²) >= 11 is 0. The minimum Gasteiger partial charge on any atom is -0.379 e. The fraction of sp³-hybridized carbons (Fsp3) is 0.700. The molecule has 1 aliphatic rings. The Labute approximate surface area is 245 Å². The molecule has 41 heavy (non-hydrogen) atoms. The van der Waals surface area contributed by atoms with Crippen molar-refractivity contribution in [1.29, 1.82) is 0 Å². The maximum absolute atomic E-state index is 13.0. The molecule has 3 N–H and O–H groups in total. The molecule has 1 fully saturated rings. The number of pyridine rings is 1. The first-order valence-corrected chi connectivity index (χ1v) is 15.1. The number of carbonyl (C=O) groups is 2.